The minimum absolute atomic E-state index is 0. The largest absolute Gasteiger partial charge is 0.480 e. The number of carbonyl (C=O) groups is 2. The van der Waals surface area contributed by atoms with Gasteiger partial charge in [0.1, 0.15) is 18.8 Å². The number of carboxylic acid groups (broad SMARTS) is 1. The van der Waals surface area contributed by atoms with E-state index in [1.807, 2.05) is 34.6 Å². The fourth-order valence-corrected chi connectivity index (χ4v) is 2.14. The zero-order valence-corrected chi connectivity index (χ0v) is 19.7. The molecule has 8 heteroatoms. The highest BCUT2D eigenvalue weighted by Crippen LogP contribution is 2.07. The molecule has 0 saturated carbocycles. The summed E-state index contributed by atoms with van der Waals surface area (Å²) >= 11 is 0. The van der Waals surface area contributed by atoms with Gasteiger partial charge in [-0.25, -0.2) is 9.59 Å². The number of rotatable bonds is 18. The monoisotopic (exact) mass is 468 g/mol. The fraction of sp³-hybridized carbons (Fsp3) is 0.917. The minimum Gasteiger partial charge on any atom is -0.480 e. The molecule has 0 atom stereocenters. The average Bonchev–Trinajstić information content (AvgIpc) is 2.65. The van der Waals surface area contributed by atoms with Crippen molar-refractivity contribution in [1.82, 2.24) is 0 Å². The molecule has 1 N–H and O–H groups in total. The second-order valence-electron chi connectivity index (χ2n) is 7.60. The van der Waals surface area contributed by atoms with Crippen molar-refractivity contribution in [2.75, 3.05) is 52.9 Å². The van der Waals surface area contributed by atoms with Crippen molar-refractivity contribution in [3.05, 3.63) is 0 Å². The second-order valence-corrected chi connectivity index (χ2v) is 7.60. The van der Waals surface area contributed by atoms with Crippen molar-refractivity contribution in [3.63, 3.8) is 0 Å². The Hall–Kier alpha value is -1.22. The lowest BCUT2D eigenvalue weighted by Crippen LogP contribution is -2.26. The Labute approximate surface area is 197 Å². The standard InChI is InChI=1S/C13H26O4.C9H18O4.2CH4/c1-5-15-9-7-6-8-10-16-11-12(14)17-13(2,3)4;1-2-12-6-4-3-5-7-13-8-9(10)11;;/h5-11H2,1-4H3;2-8H2,1H3,(H,10,11);2*1H4. The van der Waals surface area contributed by atoms with Gasteiger partial charge in [-0.15, -0.1) is 0 Å². The molecule has 0 aliphatic heterocycles. The first-order chi connectivity index (χ1) is 14.2. The van der Waals surface area contributed by atoms with Crippen LogP contribution in [0.25, 0.3) is 0 Å². The topological polar surface area (TPSA) is 101 Å². The van der Waals surface area contributed by atoms with Crippen molar-refractivity contribution in [2.24, 2.45) is 0 Å². The van der Waals surface area contributed by atoms with Crippen molar-refractivity contribution in [3.8, 4) is 0 Å². The van der Waals surface area contributed by atoms with Crippen molar-refractivity contribution in [1.29, 1.82) is 0 Å². The molecule has 196 valence electrons. The number of unbranched alkanes of at least 4 members (excludes halogenated alkanes) is 4. The Bertz CT molecular complexity index is 394. The van der Waals surface area contributed by atoms with Gasteiger partial charge in [-0.3, -0.25) is 0 Å². The SMILES string of the molecule is C.C.CCOCCCCCOCC(=O)O.CCOCCCCCOCC(=O)OC(C)(C)C. The average molecular weight is 469 g/mol. The Balaban J connectivity index is -0.000000238. The molecule has 0 fully saturated rings. The lowest BCUT2D eigenvalue weighted by molar-refractivity contribution is -0.160. The van der Waals surface area contributed by atoms with Crippen LogP contribution < -0.4 is 0 Å². The summed E-state index contributed by atoms with van der Waals surface area (Å²) in [6.07, 6.45) is 6.01. The van der Waals surface area contributed by atoms with E-state index in [-0.39, 0.29) is 34.0 Å². The second kappa shape index (κ2) is 27.8. The summed E-state index contributed by atoms with van der Waals surface area (Å²) in [6, 6.07) is 0. The summed E-state index contributed by atoms with van der Waals surface area (Å²) in [5, 5.41) is 8.24. The van der Waals surface area contributed by atoms with E-state index in [2.05, 4.69) is 0 Å². The number of esters is 1. The van der Waals surface area contributed by atoms with Crippen LogP contribution in [-0.4, -0.2) is 75.5 Å². The first-order valence-electron chi connectivity index (χ1n) is 11.0. The van der Waals surface area contributed by atoms with Crippen LogP contribution in [-0.2, 0) is 33.3 Å². The van der Waals surface area contributed by atoms with Gasteiger partial charge in [0.25, 0.3) is 0 Å². The highest BCUT2D eigenvalue weighted by molar-refractivity contribution is 5.71. The molecule has 0 aliphatic rings. The van der Waals surface area contributed by atoms with E-state index >= 15 is 0 Å². The summed E-state index contributed by atoms with van der Waals surface area (Å²) < 4.78 is 25.6. The summed E-state index contributed by atoms with van der Waals surface area (Å²) in [5.74, 6) is -1.21. The maximum absolute atomic E-state index is 11.3. The van der Waals surface area contributed by atoms with Gasteiger partial charge in [0.2, 0.25) is 0 Å². The molecule has 32 heavy (non-hydrogen) atoms. The quantitative estimate of drug-likeness (QED) is 0.219. The van der Waals surface area contributed by atoms with Crippen LogP contribution >= 0.6 is 0 Å². The van der Waals surface area contributed by atoms with Gasteiger partial charge in [0.05, 0.1) is 0 Å². The molecule has 0 heterocycles. The van der Waals surface area contributed by atoms with E-state index < -0.39 is 11.6 Å². The van der Waals surface area contributed by atoms with E-state index in [0.29, 0.717) is 13.2 Å². The summed E-state index contributed by atoms with van der Waals surface area (Å²) in [4.78, 5) is 21.3. The minimum atomic E-state index is -0.908. The smallest absolute Gasteiger partial charge is 0.332 e. The van der Waals surface area contributed by atoms with E-state index in [1.54, 1.807) is 0 Å². The molecule has 8 nitrogen and oxygen atoms in total. The fourth-order valence-electron chi connectivity index (χ4n) is 2.14. The van der Waals surface area contributed by atoms with E-state index in [0.717, 1.165) is 65.0 Å². The predicted octanol–water partition coefficient (Wildman–Crippen LogP) is 5.12. The first kappa shape index (κ1) is 38.1. The molecular formula is C24H52O8. The van der Waals surface area contributed by atoms with E-state index in [1.165, 1.54) is 0 Å². The molecule has 0 aromatic heterocycles. The highest BCUT2D eigenvalue weighted by Gasteiger charge is 2.15. The maximum atomic E-state index is 11.3. The number of aliphatic carboxylic acids is 1. The van der Waals surface area contributed by atoms with E-state index in [9.17, 15) is 9.59 Å². The number of ether oxygens (including phenoxy) is 5. The molecule has 0 spiro atoms. The van der Waals surface area contributed by atoms with Gasteiger partial charge >= 0.3 is 11.9 Å². The first-order valence-corrected chi connectivity index (χ1v) is 11.0. The zero-order chi connectivity index (χ0) is 23.1. The normalized spacial score (nSPS) is 10.3. The molecule has 0 aromatic rings. The van der Waals surface area contributed by atoms with Crippen molar-refractivity contribution >= 4 is 11.9 Å². The maximum Gasteiger partial charge on any atom is 0.332 e. The van der Waals surface area contributed by atoms with Crippen LogP contribution in [0, 0.1) is 0 Å². The third kappa shape index (κ3) is 39.3. The van der Waals surface area contributed by atoms with Gasteiger partial charge in [-0.05, 0) is 73.1 Å². The highest BCUT2D eigenvalue weighted by atomic mass is 16.6. The van der Waals surface area contributed by atoms with Gasteiger partial charge < -0.3 is 28.8 Å². The van der Waals surface area contributed by atoms with Crippen LogP contribution in [0.1, 0.15) is 88.0 Å². The van der Waals surface area contributed by atoms with Crippen LogP contribution in [0.4, 0.5) is 0 Å². The molecule has 0 aromatic carbocycles. The molecule has 0 bridgehead atoms. The molecule has 0 saturated heterocycles. The third-order valence-corrected chi connectivity index (χ3v) is 3.43. The number of hydrogen-bond donors (Lipinski definition) is 1. The molecule has 0 rings (SSSR count). The van der Waals surface area contributed by atoms with Crippen molar-refractivity contribution in [2.45, 2.75) is 93.6 Å². The van der Waals surface area contributed by atoms with Gasteiger partial charge in [-0.2, -0.15) is 0 Å². The Kier molecular flexibility index (Phi) is 33.1. The lowest BCUT2D eigenvalue weighted by Gasteiger charge is -2.19. The summed E-state index contributed by atoms with van der Waals surface area (Å²) in [7, 11) is 0. The number of carboxylic acids is 1. The zero-order valence-electron chi connectivity index (χ0n) is 19.7. The molecular weight excluding hydrogens is 416 g/mol. The Morgan fingerprint density at radius 1 is 0.656 bits per heavy atom. The molecule has 0 unspecified atom stereocenters. The van der Waals surface area contributed by atoms with Crippen LogP contribution in [0.15, 0.2) is 0 Å². The van der Waals surface area contributed by atoms with Crippen LogP contribution in [0.2, 0.25) is 0 Å². The Morgan fingerprint density at radius 3 is 1.38 bits per heavy atom. The predicted molar refractivity (Wildman–Crippen MR) is 129 cm³/mol. The summed E-state index contributed by atoms with van der Waals surface area (Å²) in [5.41, 5.74) is -0.433. The lowest BCUT2D eigenvalue weighted by atomic mass is 10.2. The molecule has 0 radical (unpaired) electrons. The number of carbonyl (C=O) groups excluding carboxylic acids is 1. The third-order valence-electron chi connectivity index (χ3n) is 3.43. The Morgan fingerprint density at radius 2 is 1.03 bits per heavy atom. The molecule has 0 amide bonds. The van der Waals surface area contributed by atoms with E-state index in [4.69, 9.17) is 28.8 Å². The van der Waals surface area contributed by atoms with Gasteiger partial charge in [0.15, 0.2) is 0 Å². The van der Waals surface area contributed by atoms with Gasteiger partial charge in [0, 0.05) is 39.6 Å². The summed E-state index contributed by atoms with van der Waals surface area (Å²) in [6.45, 7) is 13.6. The number of hydrogen-bond acceptors (Lipinski definition) is 7. The van der Waals surface area contributed by atoms with Crippen LogP contribution in [0.5, 0.6) is 0 Å². The van der Waals surface area contributed by atoms with Crippen LogP contribution in [0.3, 0.4) is 0 Å². The van der Waals surface area contributed by atoms with Crippen molar-refractivity contribution < 1.29 is 38.4 Å². The van der Waals surface area contributed by atoms with Gasteiger partial charge in [-0.1, -0.05) is 14.9 Å². The molecule has 0 aliphatic carbocycles.